The second-order valence-electron chi connectivity index (χ2n) is 6.50. The van der Waals surface area contributed by atoms with Crippen molar-refractivity contribution < 1.29 is 17.9 Å². The summed E-state index contributed by atoms with van der Waals surface area (Å²) in [5.41, 5.74) is 0. The highest BCUT2D eigenvalue weighted by Crippen LogP contribution is 2.28. The number of carbonyl (C=O) groups is 1. The molecule has 146 valence electrons. The van der Waals surface area contributed by atoms with Crippen molar-refractivity contribution in [1.82, 2.24) is 9.62 Å². The number of methoxy groups -OCH3 is 1. The van der Waals surface area contributed by atoms with Crippen LogP contribution in [0.15, 0.2) is 46.7 Å². The van der Waals surface area contributed by atoms with Crippen LogP contribution in [0.25, 0.3) is 0 Å². The van der Waals surface area contributed by atoms with Crippen LogP contribution in [0.5, 0.6) is 5.75 Å². The minimum atomic E-state index is -3.64. The van der Waals surface area contributed by atoms with Gasteiger partial charge in [-0.25, -0.2) is 8.42 Å². The molecule has 1 saturated heterocycles. The zero-order chi connectivity index (χ0) is 19.3. The fourth-order valence-corrected chi connectivity index (χ4v) is 5.60. The van der Waals surface area contributed by atoms with Crippen LogP contribution in [0.3, 0.4) is 0 Å². The van der Waals surface area contributed by atoms with Gasteiger partial charge in [0.25, 0.3) is 0 Å². The lowest BCUT2D eigenvalue weighted by Gasteiger charge is -2.34. The van der Waals surface area contributed by atoms with Crippen LogP contribution < -0.4 is 10.1 Å². The molecule has 1 amide bonds. The average molecular weight is 409 g/mol. The van der Waals surface area contributed by atoms with Gasteiger partial charge in [-0.15, -0.1) is 11.3 Å². The fourth-order valence-electron chi connectivity index (χ4n) is 3.26. The van der Waals surface area contributed by atoms with E-state index in [4.69, 9.17) is 4.74 Å². The molecule has 1 N–H and O–H groups in total. The Kier molecular flexibility index (Phi) is 6.51. The first-order valence-electron chi connectivity index (χ1n) is 8.95. The molecule has 27 heavy (non-hydrogen) atoms. The molecule has 1 aliphatic rings. The minimum Gasteiger partial charge on any atom is -0.497 e. The maximum Gasteiger partial charge on any atom is 0.243 e. The van der Waals surface area contributed by atoms with Crippen LogP contribution in [0.2, 0.25) is 0 Å². The molecular weight excluding hydrogens is 384 g/mol. The van der Waals surface area contributed by atoms with Crippen LogP contribution in [0.4, 0.5) is 0 Å². The number of hydrogen-bond donors (Lipinski definition) is 1. The first kappa shape index (κ1) is 19.9. The summed E-state index contributed by atoms with van der Waals surface area (Å²) in [7, 11) is -2.10. The molecule has 0 spiro atoms. The van der Waals surface area contributed by atoms with Crippen molar-refractivity contribution in [3.8, 4) is 5.75 Å². The van der Waals surface area contributed by atoms with Gasteiger partial charge in [-0.3, -0.25) is 4.79 Å². The molecule has 1 aromatic heterocycles. The van der Waals surface area contributed by atoms with E-state index >= 15 is 0 Å². The monoisotopic (exact) mass is 408 g/mol. The highest BCUT2D eigenvalue weighted by atomic mass is 32.2. The van der Waals surface area contributed by atoms with Gasteiger partial charge in [-0.1, -0.05) is 12.5 Å². The largest absolute Gasteiger partial charge is 0.497 e. The van der Waals surface area contributed by atoms with Gasteiger partial charge in [0.1, 0.15) is 5.75 Å². The van der Waals surface area contributed by atoms with Crippen LogP contribution in [0, 0.1) is 0 Å². The van der Waals surface area contributed by atoms with E-state index in [-0.39, 0.29) is 23.3 Å². The maximum absolute atomic E-state index is 13.1. The number of hydrogen-bond acceptors (Lipinski definition) is 5. The highest BCUT2D eigenvalue weighted by Gasteiger charge is 2.34. The smallest absolute Gasteiger partial charge is 0.243 e. The second-order valence-corrected chi connectivity index (χ2v) is 9.42. The third-order valence-electron chi connectivity index (χ3n) is 4.70. The van der Waals surface area contributed by atoms with Gasteiger partial charge < -0.3 is 10.1 Å². The standard InChI is InChI=1S/C19H24N2O4S2/c1-25-16-7-9-18(10-8-16)27(23,24)21-11-3-2-5-15(21)13-19(22)20-14-17-6-4-12-26-17/h4,6-10,12,15H,2-3,5,11,13-14H2,1H3,(H,20,22). The Morgan fingerprint density at radius 2 is 2.04 bits per heavy atom. The number of nitrogens with one attached hydrogen (secondary N) is 1. The van der Waals surface area contributed by atoms with Gasteiger partial charge in [-0.2, -0.15) is 4.31 Å². The van der Waals surface area contributed by atoms with Crippen LogP contribution in [-0.4, -0.2) is 38.3 Å². The highest BCUT2D eigenvalue weighted by molar-refractivity contribution is 7.89. The summed E-state index contributed by atoms with van der Waals surface area (Å²) in [4.78, 5) is 13.7. The normalized spacial score (nSPS) is 18.2. The van der Waals surface area contributed by atoms with Crippen molar-refractivity contribution in [1.29, 1.82) is 0 Å². The number of carbonyl (C=O) groups excluding carboxylic acids is 1. The van der Waals surface area contributed by atoms with E-state index in [1.165, 1.54) is 4.31 Å². The number of amides is 1. The van der Waals surface area contributed by atoms with Gasteiger partial charge in [0.2, 0.25) is 15.9 Å². The lowest BCUT2D eigenvalue weighted by Crippen LogP contribution is -2.45. The number of piperidine rings is 1. The molecule has 0 bridgehead atoms. The predicted molar refractivity (Wildman–Crippen MR) is 105 cm³/mol. The van der Waals surface area contributed by atoms with Crippen LogP contribution in [-0.2, 0) is 21.4 Å². The Balaban J connectivity index is 1.69. The average Bonchev–Trinajstić information content (AvgIpc) is 3.20. The topological polar surface area (TPSA) is 75.7 Å². The summed E-state index contributed by atoms with van der Waals surface area (Å²) in [6.07, 6.45) is 2.61. The minimum absolute atomic E-state index is 0.120. The maximum atomic E-state index is 13.1. The number of ether oxygens (including phenoxy) is 1. The zero-order valence-corrected chi connectivity index (χ0v) is 16.9. The SMILES string of the molecule is COc1ccc(S(=O)(=O)N2CCCCC2CC(=O)NCc2cccs2)cc1. The summed E-state index contributed by atoms with van der Waals surface area (Å²) in [5.74, 6) is 0.488. The molecule has 6 nitrogen and oxygen atoms in total. The van der Waals surface area contributed by atoms with E-state index in [0.29, 0.717) is 25.3 Å². The van der Waals surface area contributed by atoms with Gasteiger partial charge in [-0.05, 0) is 48.6 Å². The van der Waals surface area contributed by atoms with Crippen molar-refractivity contribution in [2.75, 3.05) is 13.7 Å². The van der Waals surface area contributed by atoms with Crippen molar-refractivity contribution in [2.45, 2.75) is 43.2 Å². The molecule has 3 rings (SSSR count). The first-order valence-corrected chi connectivity index (χ1v) is 11.3. The molecule has 1 aromatic carbocycles. The summed E-state index contributed by atoms with van der Waals surface area (Å²) < 4.78 is 32.7. The fraction of sp³-hybridized carbons (Fsp3) is 0.421. The molecule has 0 radical (unpaired) electrons. The number of sulfonamides is 1. The number of rotatable bonds is 7. The van der Waals surface area contributed by atoms with Gasteiger partial charge >= 0.3 is 0 Å². The van der Waals surface area contributed by atoms with E-state index in [9.17, 15) is 13.2 Å². The molecular formula is C19H24N2O4S2. The van der Waals surface area contributed by atoms with E-state index in [0.717, 1.165) is 17.7 Å². The molecule has 1 fully saturated rings. The molecule has 1 unspecified atom stereocenters. The Hall–Kier alpha value is -1.90. The molecule has 8 heteroatoms. The molecule has 0 saturated carbocycles. The predicted octanol–water partition coefficient (Wildman–Crippen LogP) is 3.01. The lowest BCUT2D eigenvalue weighted by molar-refractivity contribution is -0.122. The summed E-state index contributed by atoms with van der Waals surface area (Å²) in [6, 6.07) is 9.98. The van der Waals surface area contributed by atoms with Crippen LogP contribution in [0.1, 0.15) is 30.6 Å². The van der Waals surface area contributed by atoms with Crippen LogP contribution >= 0.6 is 11.3 Å². The number of benzene rings is 1. The third-order valence-corrected chi connectivity index (χ3v) is 7.54. The van der Waals surface area contributed by atoms with Crippen molar-refractivity contribution >= 4 is 27.3 Å². The summed E-state index contributed by atoms with van der Waals surface area (Å²) >= 11 is 1.58. The summed E-state index contributed by atoms with van der Waals surface area (Å²) in [6.45, 7) is 0.922. The first-order chi connectivity index (χ1) is 13.0. The third kappa shape index (κ3) is 4.88. The number of nitrogens with zero attached hydrogens (tertiary/aromatic N) is 1. The molecule has 1 aliphatic heterocycles. The van der Waals surface area contributed by atoms with Crippen molar-refractivity contribution in [3.05, 3.63) is 46.7 Å². The van der Waals surface area contributed by atoms with Crippen molar-refractivity contribution in [3.63, 3.8) is 0 Å². The Morgan fingerprint density at radius 1 is 1.26 bits per heavy atom. The molecule has 2 heterocycles. The van der Waals surface area contributed by atoms with Crippen molar-refractivity contribution in [2.24, 2.45) is 0 Å². The van der Waals surface area contributed by atoms with Gasteiger partial charge in [0, 0.05) is 23.9 Å². The zero-order valence-electron chi connectivity index (χ0n) is 15.3. The van der Waals surface area contributed by atoms with E-state index in [1.807, 2.05) is 17.5 Å². The lowest BCUT2D eigenvalue weighted by atomic mass is 10.0. The molecule has 1 atom stereocenters. The van der Waals surface area contributed by atoms with E-state index < -0.39 is 10.0 Å². The second kappa shape index (κ2) is 8.86. The molecule has 0 aliphatic carbocycles. The number of thiophene rings is 1. The van der Waals surface area contributed by atoms with E-state index in [2.05, 4.69) is 5.32 Å². The quantitative estimate of drug-likeness (QED) is 0.764. The Morgan fingerprint density at radius 3 is 2.70 bits per heavy atom. The molecule has 2 aromatic rings. The Labute approximate surface area is 164 Å². The summed E-state index contributed by atoms with van der Waals surface area (Å²) in [5, 5.41) is 4.86. The van der Waals surface area contributed by atoms with E-state index in [1.54, 1.807) is 42.7 Å². The Bertz CT molecular complexity index is 848. The van der Waals surface area contributed by atoms with Gasteiger partial charge in [0.05, 0.1) is 18.6 Å². The van der Waals surface area contributed by atoms with Gasteiger partial charge in [0.15, 0.2) is 0 Å².